The minimum absolute atomic E-state index is 0.0143. The zero-order valence-corrected chi connectivity index (χ0v) is 11.7. The molecule has 0 saturated heterocycles. The van der Waals surface area contributed by atoms with Crippen molar-refractivity contribution in [2.75, 3.05) is 0 Å². The van der Waals surface area contributed by atoms with E-state index in [2.05, 4.69) is 0 Å². The largest absolute Gasteiger partial charge is 0.289 e. The Bertz CT molecular complexity index is 523. The summed E-state index contributed by atoms with van der Waals surface area (Å²) in [6.45, 7) is 0. The van der Waals surface area contributed by atoms with Gasteiger partial charge in [-0.2, -0.15) is 0 Å². The summed E-state index contributed by atoms with van der Waals surface area (Å²) in [6, 6.07) is 16.5. The third-order valence-corrected chi connectivity index (χ3v) is 3.63. The van der Waals surface area contributed by atoms with Gasteiger partial charge in [-0.05, 0) is 24.3 Å². The number of carbonyl (C=O) groups excluding carboxylic acids is 1. The summed E-state index contributed by atoms with van der Waals surface area (Å²) in [5.74, 6) is 0.0143. The summed E-state index contributed by atoms with van der Waals surface area (Å²) >= 11 is 12.7. The molecule has 0 unspecified atom stereocenters. The smallest absolute Gasteiger partial charge is 0.193 e. The summed E-state index contributed by atoms with van der Waals surface area (Å²) in [5.41, 5.74) is 1.34. The van der Waals surface area contributed by atoms with Crippen molar-refractivity contribution in [3.63, 3.8) is 0 Å². The van der Waals surface area contributed by atoms with Crippen LogP contribution in [0, 0.1) is 0 Å². The summed E-state index contributed by atoms with van der Waals surface area (Å²) in [6.07, 6.45) is 0. The minimum Gasteiger partial charge on any atom is -0.289 e. The third-order valence-electron chi connectivity index (χ3n) is 2.38. The molecule has 0 bridgehead atoms. The first-order valence-electron chi connectivity index (χ1n) is 5.31. The molecule has 0 N–H and O–H groups in total. The Labute approximate surface area is 120 Å². The molecular formula is C14H10Cl2OS. The predicted octanol–water partition coefficient (Wildman–Crippen LogP) is 4.77. The normalized spacial score (nSPS) is 10.6. The van der Waals surface area contributed by atoms with Crippen LogP contribution in [0.3, 0.4) is 0 Å². The maximum Gasteiger partial charge on any atom is 0.193 e. The van der Waals surface area contributed by atoms with E-state index in [-0.39, 0.29) is 5.78 Å². The molecule has 0 radical (unpaired) electrons. The molecule has 1 nitrogen and oxygen atoms in total. The second-order valence-corrected chi connectivity index (χ2v) is 6.39. The fourth-order valence-corrected chi connectivity index (χ4v) is 2.66. The third kappa shape index (κ3) is 3.52. The van der Waals surface area contributed by atoms with Crippen molar-refractivity contribution in [2.45, 2.75) is 9.06 Å². The lowest BCUT2D eigenvalue weighted by Crippen LogP contribution is -2.00. The van der Waals surface area contributed by atoms with E-state index in [1.807, 2.05) is 30.3 Å². The second kappa shape index (κ2) is 6.28. The van der Waals surface area contributed by atoms with Crippen LogP contribution in [-0.4, -0.2) is 9.95 Å². The Balaban J connectivity index is 2.17. The molecule has 0 heterocycles. The fraction of sp³-hybridized carbons (Fsp3) is 0.0714. The average molecular weight is 297 g/mol. The van der Waals surface area contributed by atoms with Crippen LogP contribution in [0.2, 0.25) is 0 Å². The van der Waals surface area contributed by atoms with Gasteiger partial charge in [0.15, 0.2) is 9.95 Å². The van der Waals surface area contributed by atoms with E-state index in [0.717, 1.165) is 4.90 Å². The van der Waals surface area contributed by atoms with Gasteiger partial charge in [0, 0.05) is 16.0 Å². The molecule has 92 valence electrons. The van der Waals surface area contributed by atoms with Crippen LogP contribution in [-0.2, 0) is 0 Å². The monoisotopic (exact) mass is 296 g/mol. The highest BCUT2D eigenvalue weighted by molar-refractivity contribution is 8.02. The Kier molecular flexibility index (Phi) is 4.70. The number of thioether (sulfide) groups is 1. The predicted molar refractivity (Wildman–Crippen MR) is 77.7 cm³/mol. The fourth-order valence-electron chi connectivity index (χ4n) is 1.54. The van der Waals surface area contributed by atoms with E-state index in [1.54, 1.807) is 24.3 Å². The minimum atomic E-state index is -0.499. The van der Waals surface area contributed by atoms with Gasteiger partial charge in [0.25, 0.3) is 0 Å². The number of hydrogen-bond acceptors (Lipinski definition) is 2. The van der Waals surface area contributed by atoms with Crippen LogP contribution in [0.15, 0.2) is 59.5 Å². The van der Waals surface area contributed by atoms with Gasteiger partial charge < -0.3 is 0 Å². The van der Waals surface area contributed by atoms with E-state index >= 15 is 0 Å². The van der Waals surface area contributed by atoms with E-state index < -0.39 is 4.17 Å². The van der Waals surface area contributed by atoms with Crippen molar-refractivity contribution in [1.29, 1.82) is 0 Å². The lowest BCUT2D eigenvalue weighted by molar-refractivity contribution is 0.103. The second-order valence-electron chi connectivity index (χ2n) is 3.60. The highest BCUT2D eigenvalue weighted by Gasteiger charge is 2.09. The molecule has 2 rings (SSSR count). The molecule has 4 heteroatoms. The molecule has 0 aliphatic rings. The molecule has 0 atom stereocenters. The maximum absolute atomic E-state index is 12.1. The van der Waals surface area contributed by atoms with Crippen LogP contribution < -0.4 is 0 Å². The standard InChI is InChI=1S/C14H10Cl2OS/c15-14(16)18-12-8-6-11(7-9-12)13(17)10-4-2-1-3-5-10/h1-9,14H. The Morgan fingerprint density at radius 2 is 1.44 bits per heavy atom. The van der Waals surface area contributed by atoms with Gasteiger partial charge in [-0.1, -0.05) is 65.3 Å². The molecule has 18 heavy (non-hydrogen) atoms. The van der Waals surface area contributed by atoms with Gasteiger partial charge in [-0.15, -0.1) is 0 Å². The van der Waals surface area contributed by atoms with Crippen LogP contribution in [0.5, 0.6) is 0 Å². The molecule has 2 aromatic rings. The molecule has 0 aliphatic heterocycles. The van der Waals surface area contributed by atoms with Crippen LogP contribution in [0.1, 0.15) is 15.9 Å². The number of hydrogen-bond donors (Lipinski definition) is 0. The van der Waals surface area contributed by atoms with Crippen LogP contribution >= 0.6 is 35.0 Å². The summed E-state index contributed by atoms with van der Waals surface area (Å²) in [7, 11) is 0. The van der Waals surface area contributed by atoms with Gasteiger partial charge in [-0.3, -0.25) is 4.79 Å². The molecule has 0 aromatic heterocycles. The number of carbonyl (C=O) groups is 1. The molecule has 2 aromatic carbocycles. The summed E-state index contributed by atoms with van der Waals surface area (Å²) in [5, 5.41) is 0. The summed E-state index contributed by atoms with van der Waals surface area (Å²) in [4.78, 5) is 13.1. The van der Waals surface area contributed by atoms with Gasteiger partial charge >= 0.3 is 0 Å². The molecule has 0 saturated carbocycles. The van der Waals surface area contributed by atoms with Gasteiger partial charge in [-0.25, -0.2) is 0 Å². The van der Waals surface area contributed by atoms with E-state index in [0.29, 0.717) is 11.1 Å². The van der Waals surface area contributed by atoms with Crippen molar-refractivity contribution < 1.29 is 4.79 Å². The number of benzene rings is 2. The first-order chi connectivity index (χ1) is 8.66. The molecule has 0 spiro atoms. The average Bonchev–Trinajstić information content (AvgIpc) is 2.39. The zero-order valence-electron chi connectivity index (χ0n) is 9.35. The summed E-state index contributed by atoms with van der Waals surface area (Å²) < 4.78 is -0.499. The number of alkyl halides is 2. The van der Waals surface area contributed by atoms with E-state index in [1.165, 1.54) is 11.8 Å². The van der Waals surface area contributed by atoms with Crippen molar-refractivity contribution in [3.8, 4) is 0 Å². The Hall–Kier alpha value is -0.960. The Morgan fingerprint density at radius 1 is 0.889 bits per heavy atom. The van der Waals surface area contributed by atoms with Crippen molar-refractivity contribution in [1.82, 2.24) is 0 Å². The first-order valence-corrected chi connectivity index (χ1v) is 7.06. The van der Waals surface area contributed by atoms with Crippen LogP contribution in [0.4, 0.5) is 0 Å². The van der Waals surface area contributed by atoms with Crippen molar-refractivity contribution in [3.05, 3.63) is 65.7 Å². The van der Waals surface area contributed by atoms with Gasteiger partial charge in [0.2, 0.25) is 0 Å². The highest BCUT2D eigenvalue weighted by atomic mass is 35.5. The first kappa shape index (κ1) is 13.5. The maximum atomic E-state index is 12.1. The van der Waals surface area contributed by atoms with E-state index in [4.69, 9.17) is 23.2 Å². The van der Waals surface area contributed by atoms with E-state index in [9.17, 15) is 4.79 Å². The van der Waals surface area contributed by atoms with Gasteiger partial charge in [0.05, 0.1) is 0 Å². The Morgan fingerprint density at radius 3 is 2.00 bits per heavy atom. The quantitative estimate of drug-likeness (QED) is 0.459. The SMILES string of the molecule is O=C(c1ccccc1)c1ccc(SC(Cl)Cl)cc1. The number of halogens is 2. The molecule has 0 fully saturated rings. The number of rotatable bonds is 4. The van der Waals surface area contributed by atoms with Crippen LogP contribution in [0.25, 0.3) is 0 Å². The molecular weight excluding hydrogens is 287 g/mol. The lowest BCUT2D eigenvalue weighted by atomic mass is 10.0. The number of ketones is 1. The topological polar surface area (TPSA) is 17.1 Å². The molecule has 0 aliphatic carbocycles. The van der Waals surface area contributed by atoms with Crippen molar-refractivity contribution in [2.24, 2.45) is 0 Å². The van der Waals surface area contributed by atoms with Crippen molar-refractivity contribution >= 4 is 40.7 Å². The molecule has 0 amide bonds. The highest BCUT2D eigenvalue weighted by Crippen LogP contribution is 2.28. The zero-order chi connectivity index (χ0) is 13.0. The lowest BCUT2D eigenvalue weighted by Gasteiger charge is -2.04. The van der Waals surface area contributed by atoms with Gasteiger partial charge in [0.1, 0.15) is 0 Å².